The molecule has 0 aromatic heterocycles. The van der Waals surface area contributed by atoms with Crippen molar-refractivity contribution in [2.24, 2.45) is 0 Å². The molecule has 0 aliphatic heterocycles. The summed E-state index contributed by atoms with van der Waals surface area (Å²) in [6.07, 6.45) is 10.4. The van der Waals surface area contributed by atoms with Crippen LogP contribution in [0, 0.1) is 0 Å². The van der Waals surface area contributed by atoms with E-state index < -0.39 is 0 Å². The topological polar surface area (TPSA) is 0 Å². The van der Waals surface area contributed by atoms with Crippen LogP contribution < -0.4 is 0 Å². The summed E-state index contributed by atoms with van der Waals surface area (Å²) >= 11 is 5.39. The molecule has 0 aromatic carbocycles. The Morgan fingerprint density at radius 3 is 2.44 bits per heavy atom. The van der Waals surface area contributed by atoms with Crippen LogP contribution in [0.5, 0.6) is 0 Å². The van der Waals surface area contributed by atoms with Crippen LogP contribution in [-0.4, -0.2) is 5.88 Å². The van der Waals surface area contributed by atoms with Gasteiger partial charge in [0.1, 0.15) is 0 Å². The minimum atomic E-state index is 0.608. The summed E-state index contributed by atoms with van der Waals surface area (Å²) in [6, 6.07) is 0. The van der Waals surface area contributed by atoms with Gasteiger partial charge in [-0.2, -0.15) is 0 Å². The highest BCUT2D eigenvalue weighted by molar-refractivity contribution is 6.18. The Morgan fingerprint density at radius 2 is 1.89 bits per heavy atom. The maximum absolute atomic E-state index is 5.39. The van der Waals surface area contributed by atoms with Crippen LogP contribution in [0.2, 0.25) is 0 Å². The van der Waals surface area contributed by atoms with Gasteiger partial charge in [-0.25, -0.2) is 0 Å². The monoisotopic (exact) mass is 144 g/mol. The zero-order valence-corrected chi connectivity index (χ0v) is 6.56. The van der Waals surface area contributed by atoms with E-state index in [2.05, 4.69) is 13.0 Å². The fourth-order valence-electron chi connectivity index (χ4n) is 0.471. The van der Waals surface area contributed by atoms with Gasteiger partial charge in [0.25, 0.3) is 0 Å². The number of rotatable bonds is 4. The molecular formula is C8H13Cl. The van der Waals surface area contributed by atoms with E-state index in [4.69, 9.17) is 11.6 Å². The Hall–Kier alpha value is -0.230. The van der Waals surface area contributed by atoms with Crippen LogP contribution in [-0.2, 0) is 0 Å². The first kappa shape index (κ1) is 8.77. The summed E-state index contributed by atoms with van der Waals surface area (Å²) in [5, 5.41) is 0. The predicted octanol–water partition coefficient (Wildman–Crippen LogP) is 3.14. The first-order valence-corrected chi connectivity index (χ1v) is 3.83. The number of hydrogen-bond acceptors (Lipinski definition) is 0. The van der Waals surface area contributed by atoms with Crippen molar-refractivity contribution in [3.63, 3.8) is 0 Å². The smallest absolute Gasteiger partial charge is 0.0407 e. The zero-order valence-electron chi connectivity index (χ0n) is 5.81. The van der Waals surface area contributed by atoms with E-state index in [1.54, 1.807) is 0 Å². The van der Waals surface area contributed by atoms with Gasteiger partial charge in [-0.05, 0) is 6.42 Å². The van der Waals surface area contributed by atoms with Crippen molar-refractivity contribution in [2.75, 3.05) is 5.88 Å². The number of allylic oxidation sites excluding steroid dienone is 4. The van der Waals surface area contributed by atoms with E-state index in [1.807, 2.05) is 18.2 Å². The molecule has 0 spiro atoms. The van der Waals surface area contributed by atoms with E-state index in [0.717, 1.165) is 6.42 Å². The third-order valence-corrected chi connectivity index (χ3v) is 1.11. The average molecular weight is 145 g/mol. The Morgan fingerprint density at radius 1 is 1.22 bits per heavy atom. The summed E-state index contributed by atoms with van der Waals surface area (Å²) < 4.78 is 0. The first-order valence-electron chi connectivity index (χ1n) is 3.29. The number of hydrogen-bond donors (Lipinski definition) is 0. The Bertz CT molecular complexity index is 92.7. The van der Waals surface area contributed by atoms with Gasteiger partial charge in [-0.1, -0.05) is 37.6 Å². The van der Waals surface area contributed by atoms with Gasteiger partial charge in [0.05, 0.1) is 0 Å². The van der Waals surface area contributed by atoms with Crippen LogP contribution in [0.3, 0.4) is 0 Å². The Balaban J connectivity index is 3.13. The van der Waals surface area contributed by atoms with Gasteiger partial charge in [-0.3, -0.25) is 0 Å². The maximum atomic E-state index is 5.39. The minimum absolute atomic E-state index is 0.608. The fraction of sp³-hybridized carbons (Fsp3) is 0.500. The van der Waals surface area contributed by atoms with Crippen molar-refractivity contribution in [1.29, 1.82) is 0 Å². The van der Waals surface area contributed by atoms with Crippen LogP contribution in [0.4, 0.5) is 0 Å². The van der Waals surface area contributed by atoms with Crippen molar-refractivity contribution in [3.05, 3.63) is 24.3 Å². The molecule has 0 atom stereocenters. The Labute approximate surface area is 62.2 Å². The molecular weight excluding hydrogens is 132 g/mol. The molecule has 0 nitrogen and oxygen atoms in total. The second-order valence-electron chi connectivity index (χ2n) is 1.80. The summed E-state index contributed by atoms with van der Waals surface area (Å²) in [5.74, 6) is 0.608. The molecule has 0 rings (SSSR count). The molecule has 0 bridgehead atoms. The van der Waals surface area contributed by atoms with E-state index in [9.17, 15) is 0 Å². The van der Waals surface area contributed by atoms with Gasteiger partial charge < -0.3 is 0 Å². The summed E-state index contributed by atoms with van der Waals surface area (Å²) in [7, 11) is 0. The average Bonchev–Trinajstić information content (AvgIpc) is 1.89. The van der Waals surface area contributed by atoms with Crippen molar-refractivity contribution in [3.8, 4) is 0 Å². The molecule has 0 saturated carbocycles. The third kappa shape index (κ3) is 7.77. The molecule has 0 aliphatic carbocycles. The van der Waals surface area contributed by atoms with Gasteiger partial charge in [0.15, 0.2) is 0 Å². The maximum Gasteiger partial charge on any atom is 0.0407 e. The van der Waals surface area contributed by atoms with Crippen molar-refractivity contribution in [1.82, 2.24) is 0 Å². The van der Waals surface area contributed by atoms with Crippen LogP contribution in [0.25, 0.3) is 0 Å². The number of alkyl halides is 1. The van der Waals surface area contributed by atoms with Crippen LogP contribution in [0.15, 0.2) is 24.3 Å². The fourth-order valence-corrected chi connectivity index (χ4v) is 0.574. The molecule has 9 heavy (non-hydrogen) atoms. The second kappa shape index (κ2) is 7.77. The highest BCUT2D eigenvalue weighted by Gasteiger charge is 1.68. The molecule has 0 radical (unpaired) electrons. The van der Waals surface area contributed by atoms with E-state index in [0.29, 0.717) is 5.88 Å². The zero-order chi connectivity index (χ0) is 6.95. The lowest BCUT2D eigenvalue weighted by Crippen LogP contribution is -1.60. The van der Waals surface area contributed by atoms with Gasteiger partial charge in [-0.15, -0.1) is 11.6 Å². The molecule has 0 heterocycles. The van der Waals surface area contributed by atoms with E-state index >= 15 is 0 Å². The van der Waals surface area contributed by atoms with Gasteiger partial charge in [0, 0.05) is 5.88 Å². The summed E-state index contributed by atoms with van der Waals surface area (Å²) in [4.78, 5) is 0. The van der Waals surface area contributed by atoms with Crippen LogP contribution >= 0.6 is 11.6 Å². The normalized spacial score (nSPS) is 11.8. The molecule has 0 aromatic rings. The number of unbranched alkanes of at least 4 members (excludes halogenated alkanes) is 1. The molecule has 0 fully saturated rings. The SMILES string of the molecule is CCC/C=C/C=C/CCl. The van der Waals surface area contributed by atoms with Crippen molar-refractivity contribution in [2.45, 2.75) is 19.8 Å². The standard InChI is InChI=1S/C8H13Cl/c1-2-3-4-5-6-7-8-9/h4-7H,2-3,8H2,1H3/b5-4+,7-6+. The molecule has 1 heteroatoms. The lowest BCUT2D eigenvalue weighted by Gasteiger charge is -1.79. The van der Waals surface area contributed by atoms with Gasteiger partial charge in [0.2, 0.25) is 0 Å². The third-order valence-electron chi connectivity index (χ3n) is 0.928. The lowest BCUT2D eigenvalue weighted by molar-refractivity contribution is 0.959. The van der Waals surface area contributed by atoms with Gasteiger partial charge >= 0.3 is 0 Å². The first-order chi connectivity index (χ1) is 4.41. The molecule has 0 amide bonds. The molecule has 0 aliphatic rings. The lowest BCUT2D eigenvalue weighted by atomic mass is 10.3. The number of halogens is 1. The predicted molar refractivity (Wildman–Crippen MR) is 43.9 cm³/mol. The highest BCUT2D eigenvalue weighted by atomic mass is 35.5. The molecule has 52 valence electrons. The second-order valence-corrected chi connectivity index (χ2v) is 2.11. The Kier molecular flexibility index (Phi) is 7.57. The minimum Gasteiger partial charge on any atom is -0.122 e. The van der Waals surface area contributed by atoms with E-state index in [-0.39, 0.29) is 0 Å². The van der Waals surface area contributed by atoms with E-state index in [1.165, 1.54) is 6.42 Å². The van der Waals surface area contributed by atoms with Crippen LogP contribution in [0.1, 0.15) is 19.8 Å². The quantitative estimate of drug-likeness (QED) is 0.420. The highest BCUT2D eigenvalue weighted by Crippen LogP contribution is 1.88. The summed E-state index contributed by atoms with van der Waals surface area (Å²) in [5.41, 5.74) is 0. The molecule has 0 unspecified atom stereocenters. The molecule has 0 saturated heterocycles. The molecule has 0 N–H and O–H groups in total. The van der Waals surface area contributed by atoms with Crippen molar-refractivity contribution >= 4 is 11.6 Å². The largest absolute Gasteiger partial charge is 0.122 e. The summed E-state index contributed by atoms with van der Waals surface area (Å²) in [6.45, 7) is 2.16. The van der Waals surface area contributed by atoms with Crippen molar-refractivity contribution < 1.29 is 0 Å².